The van der Waals surface area contributed by atoms with Gasteiger partial charge in [0, 0.05) is 37.9 Å². The van der Waals surface area contributed by atoms with Gasteiger partial charge in [0.15, 0.2) is 0 Å². The van der Waals surface area contributed by atoms with E-state index in [0.29, 0.717) is 0 Å². The fourth-order valence-corrected chi connectivity index (χ4v) is 2.49. The van der Waals surface area contributed by atoms with Crippen LogP contribution in [0.15, 0.2) is 10.9 Å². The Balaban J connectivity index is 2.25. The lowest BCUT2D eigenvalue weighted by atomic mass is 10.1. The summed E-state index contributed by atoms with van der Waals surface area (Å²) >= 11 is 0. The van der Waals surface area contributed by atoms with Crippen molar-refractivity contribution < 1.29 is 0 Å². The molecule has 5 heteroatoms. The highest BCUT2D eigenvalue weighted by molar-refractivity contribution is 5.06. The summed E-state index contributed by atoms with van der Waals surface area (Å²) in [6.07, 6.45) is 1.77. The molecule has 1 atom stereocenters. The molecule has 1 aliphatic heterocycles. The van der Waals surface area contributed by atoms with E-state index in [2.05, 4.69) is 27.1 Å². The highest BCUT2D eigenvalue weighted by Crippen LogP contribution is 2.20. The van der Waals surface area contributed by atoms with Crippen molar-refractivity contribution in [1.29, 1.82) is 0 Å². The molecule has 1 saturated heterocycles. The average Bonchev–Trinajstić information content (AvgIpc) is 2.40. The number of aromatic nitrogens is 2. The Labute approximate surface area is 108 Å². The number of aryl methyl sites for hydroxylation is 1. The van der Waals surface area contributed by atoms with Crippen molar-refractivity contribution in [3.8, 4) is 0 Å². The van der Waals surface area contributed by atoms with Crippen LogP contribution in [0, 0.1) is 0 Å². The average molecular weight is 250 g/mol. The normalized spacial score (nSPS) is 18.8. The highest BCUT2D eigenvalue weighted by Gasteiger charge is 2.22. The van der Waals surface area contributed by atoms with Gasteiger partial charge in [-0.15, -0.1) is 0 Å². The molecule has 2 N–H and O–H groups in total. The minimum atomic E-state index is -0.0366. The molecule has 1 fully saturated rings. The van der Waals surface area contributed by atoms with E-state index >= 15 is 0 Å². The largest absolute Gasteiger partial charge is 0.314 e. The van der Waals surface area contributed by atoms with Crippen molar-refractivity contribution in [1.82, 2.24) is 20.2 Å². The molecule has 100 valence electrons. The summed E-state index contributed by atoms with van der Waals surface area (Å²) in [4.78, 5) is 21.5. The van der Waals surface area contributed by atoms with Crippen molar-refractivity contribution in [2.24, 2.45) is 0 Å². The zero-order valence-electron chi connectivity index (χ0n) is 11.2. The van der Waals surface area contributed by atoms with E-state index in [9.17, 15) is 4.79 Å². The fourth-order valence-electron chi connectivity index (χ4n) is 2.49. The van der Waals surface area contributed by atoms with Gasteiger partial charge in [0.05, 0.1) is 6.04 Å². The molecule has 18 heavy (non-hydrogen) atoms. The van der Waals surface area contributed by atoms with Crippen molar-refractivity contribution in [2.75, 3.05) is 26.2 Å². The Bertz CT molecular complexity index is 437. The third-order valence-electron chi connectivity index (χ3n) is 3.47. The zero-order valence-corrected chi connectivity index (χ0v) is 11.2. The number of H-pyrrole nitrogens is 1. The highest BCUT2D eigenvalue weighted by atomic mass is 16.1. The van der Waals surface area contributed by atoms with E-state index in [1.54, 1.807) is 6.07 Å². The molecule has 0 aromatic carbocycles. The van der Waals surface area contributed by atoms with Gasteiger partial charge in [-0.3, -0.25) is 9.69 Å². The molecular weight excluding hydrogens is 228 g/mol. The number of nitrogens with zero attached hydrogens (tertiary/aromatic N) is 2. The van der Waals surface area contributed by atoms with Gasteiger partial charge in [0.25, 0.3) is 5.56 Å². The first kappa shape index (κ1) is 13.2. The van der Waals surface area contributed by atoms with E-state index in [-0.39, 0.29) is 11.6 Å². The number of piperazine rings is 1. The third-order valence-corrected chi connectivity index (χ3v) is 3.47. The minimum absolute atomic E-state index is 0.0366. The molecule has 1 aromatic heterocycles. The van der Waals surface area contributed by atoms with Crippen LogP contribution < -0.4 is 10.9 Å². The first-order valence-electron chi connectivity index (χ1n) is 6.79. The maximum atomic E-state index is 11.6. The molecule has 0 aliphatic carbocycles. The van der Waals surface area contributed by atoms with Crippen LogP contribution in [0.5, 0.6) is 0 Å². The van der Waals surface area contributed by atoms with Crippen molar-refractivity contribution in [3.05, 3.63) is 27.9 Å². The Morgan fingerprint density at radius 1 is 1.39 bits per heavy atom. The number of hydrogen-bond donors (Lipinski definition) is 2. The monoisotopic (exact) mass is 250 g/mol. The van der Waals surface area contributed by atoms with Crippen molar-refractivity contribution >= 4 is 0 Å². The van der Waals surface area contributed by atoms with Crippen LogP contribution in [0.25, 0.3) is 0 Å². The van der Waals surface area contributed by atoms with Gasteiger partial charge in [-0.1, -0.05) is 13.8 Å². The maximum absolute atomic E-state index is 11.6. The van der Waals surface area contributed by atoms with E-state index < -0.39 is 0 Å². The van der Waals surface area contributed by atoms with E-state index in [1.807, 2.05) is 6.92 Å². The molecule has 0 saturated carbocycles. The first-order valence-corrected chi connectivity index (χ1v) is 6.79. The van der Waals surface area contributed by atoms with Crippen LogP contribution in [0.4, 0.5) is 0 Å². The predicted octanol–water partition coefficient (Wildman–Crippen LogP) is 0.689. The van der Waals surface area contributed by atoms with Crippen LogP contribution in [0.1, 0.15) is 37.8 Å². The Morgan fingerprint density at radius 3 is 2.72 bits per heavy atom. The van der Waals surface area contributed by atoms with Crippen LogP contribution in [-0.2, 0) is 6.42 Å². The molecule has 1 unspecified atom stereocenters. The number of aromatic amines is 1. The van der Waals surface area contributed by atoms with Crippen molar-refractivity contribution in [2.45, 2.75) is 32.7 Å². The van der Waals surface area contributed by atoms with E-state index in [4.69, 9.17) is 0 Å². The molecular formula is C13H22N4O. The second kappa shape index (κ2) is 6.11. The third kappa shape index (κ3) is 2.97. The number of rotatable bonds is 4. The molecule has 1 aromatic rings. The molecule has 1 aliphatic rings. The lowest BCUT2D eigenvalue weighted by Crippen LogP contribution is -2.45. The fraction of sp³-hybridized carbons (Fsp3) is 0.692. The van der Waals surface area contributed by atoms with Crippen LogP contribution in [-0.4, -0.2) is 41.0 Å². The van der Waals surface area contributed by atoms with Gasteiger partial charge in [-0.05, 0) is 12.8 Å². The number of nitrogens with one attached hydrogen (secondary N) is 2. The lowest BCUT2D eigenvalue weighted by Gasteiger charge is -2.33. The van der Waals surface area contributed by atoms with Crippen LogP contribution >= 0.6 is 0 Å². The summed E-state index contributed by atoms with van der Waals surface area (Å²) in [5.41, 5.74) is 0.841. The molecule has 0 amide bonds. The predicted molar refractivity (Wildman–Crippen MR) is 71.7 cm³/mol. The standard InChI is InChI=1S/C13H22N4O/c1-3-10-9-12(18)16-13(15-10)11(4-2)17-7-5-14-6-8-17/h9,11,14H,3-8H2,1-2H3,(H,15,16,18). The number of hydrogen-bond acceptors (Lipinski definition) is 4. The van der Waals surface area contributed by atoms with Crippen LogP contribution in [0.3, 0.4) is 0 Å². The van der Waals surface area contributed by atoms with Crippen LogP contribution in [0.2, 0.25) is 0 Å². The van der Waals surface area contributed by atoms with E-state index in [0.717, 1.165) is 50.5 Å². The summed E-state index contributed by atoms with van der Waals surface area (Å²) < 4.78 is 0. The van der Waals surface area contributed by atoms with Gasteiger partial charge < -0.3 is 10.3 Å². The summed E-state index contributed by atoms with van der Waals surface area (Å²) in [6.45, 7) is 8.21. The Kier molecular flexibility index (Phi) is 4.49. The zero-order chi connectivity index (χ0) is 13.0. The summed E-state index contributed by atoms with van der Waals surface area (Å²) in [5, 5.41) is 3.35. The lowest BCUT2D eigenvalue weighted by molar-refractivity contribution is 0.162. The summed E-state index contributed by atoms with van der Waals surface area (Å²) in [7, 11) is 0. The summed E-state index contributed by atoms with van der Waals surface area (Å²) in [5.74, 6) is 0.823. The molecule has 0 bridgehead atoms. The SMILES string of the molecule is CCc1cc(=O)[nH]c(C(CC)N2CCNCC2)n1. The van der Waals surface area contributed by atoms with Gasteiger partial charge in [-0.2, -0.15) is 0 Å². The Morgan fingerprint density at radius 2 is 2.11 bits per heavy atom. The minimum Gasteiger partial charge on any atom is -0.314 e. The first-order chi connectivity index (χ1) is 8.74. The molecule has 2 rings (SSSR count). The maximum Gasteiger partial charge on any atom is 0.251 e. The second-order valence-corrected chi connectivity index (χ2v) is 4.69. The van der Waals surface area contributed by atoms with Gasteiger partial charge in [0.1, 0.15) is 5.82 Å². The molecule has 2 heterocycles. The van der Waals surface area contributed by atoms with Crippen molar-refractivity contribution in [3.63, 3.8) is 0 Å². The van der Waals surface area contributed by atoms with E-state index in [1.165, 1.54) is 0 Å². The molecule has 0 spiro atoms. The smallest absolute Gasteiger partial charge is 0.251 e. The quantitative estimate of drug-likeness (QED) is 0.825. The van der Waals surface area contributed by atoms with Gasteiger partial charge in [0.2, 0.25) is 0 Å². The molecule has 5 nitrogen and oxygen atoms in total. The Hall–Kier alpha value is -1.20. The van der Waals surface area contributed by atoms with Gasteiger partial charge in [-0.25, -0.2) is 4.98 Å². The van der Waals surface area contributed by atoms with Gasteiger partial charge >= 0.3 is 0 Å². The second-order valence-electron chi connectivity index (χ2n) is 4.69. The molecule has 0 radical (unpaired) electrons. The summed E-state index contributed by atoms with van der Waals surface area (Å²) in [6, 6.07) is 1.82. The topological polar surface area (TPSA) is 61.0 Å².